The van der Waals surface area contributed by atoms with E-state index in [2.05, 4.69) is 10.3 Å². The van der Waals surface area contributed by atoms with Crippen molar-refractivity contribution in [2.24, 2.45) is 23.3 Å². The minimum Gasteiger partial charge on any atom is -0.366 e. The predicted molar refractivity (Wildman–Crippen MR) is 120 cm³/mol. The number of nitrogens with zero attached hydrogens (tertiary/aromatic N) is 1. The van der Waals surface area contributed by atoms with E-state index < -0.39 is 5.91 Å². The first-order valence-electron chi connectivity index (χ1n) is 10.9. The summed E-state index contributed by atoms with van der Waals surface area (Å²) in [7, 11) is 0. The van der Waals surface area contributed by atoms with Gasteiger partial charge in [-0.05, 0) is 68.3 Å². The number of hydrogen-bond donors (Lipinski definition) is 4. The Morgan fingerprint density at radius 3 is 2.52 bits per heavy atom. The van der Waals surface area contributed by atoms with Crippen LogP contribution in [0.2, 0.25) is 0 Å². The standard InChI is InChI=1S/C24H29N5O2/c25-14-16-6-8-17(9-7-16)24(31)29-21(12-15-4-2-1-3-5-15)23-27-19-11-10-18(22(26)30)13-20(19)28-23/h1-5,10-11,13,16-17,21H,6-9,12,14,25H2,(H2,26,30)(H,27,28)(H,29,31)/t16?,17?,21-/m0/s1. The number of nitrogens with two attached hydrogens (primary N) is 2. The largest absolute Gasteiger partial charge is 0.366 e. The lowest BCUT2D eigenvalue weighted by molar-refractivity contribution is -0.127. The molecule has 31 heavy (non-hydrogen) atoms. The first-order chi connectivity index (χ1) is 15.0. The molecule has 1 aliphatic rings. The van der Waals surface area contributed by atoms with Crippen molar-refractivity contribution < 1.29 is 9.59 Å². The summed E-state index contributed by atoms with van der Waals surface area (Å²) in [6, 6.07) is 14.9. The molecule has 2 aromatic carbocycles. The van der Waals surface area contributed by atoms with Crippen LogP contribution in [0.25, 0.3) is 11.0 Å². The number of aromatic amines is 1. The van der Waals surface area contributed by atoms with Crippen LogP contribution >= 0.6 is 0 Å². The minimum absolute atomic E-state index is 0.00640. The Kier molecular flexibility index (Phi) is 6.32. The van der Waals surface area contributed by atoms with Gasteiger partial charge in [0.25, 0.3) is 0 Å². The highest BCUT2D eigenvalue weighted by atomic mass is 16.2. The molecule has 1 heterocycles. The quantitative estimate of drug-likeness (QED) is 0.469. The van der Waals surface area contributed by atoms with Crippen LogP contribution in [0.15, 0.2) is 48.5 Å². The average molecular weight is 420 g/mol. The Balaban J connectivity index is 1.57. The number of benzene rings is 2. The fourth-order valence-corrected chi connectivity index (χ4v) is 4.36. The molecule has 2 amide bonds. The lowest BCUT2D eigenvalue weighted by atomic mass is 9.81. The number of imidazole rings is 1. The smallest absolute Gasteiger partial charge is 0.248 e. The summed E-state index contributed by atoms with van der Waals surface area (Å²) in [6.45, 7) is 0.692. The van der Waals surface area contributed by atoms with Gasteiger partial charge in [-0.25, -0.2) is 4.98 Å². The van der Waals surface area contributed by atoms with Crippen molar-refractivity contribution in [2.75, 3.05) is 6.54 Å². The fourth-order valence-electron chi connectivity index (χ4n) is 4.36. The molecule has 7 nitrogen and oxygen atoms in total. The van der Waals surface area contributed by atoms with E-state index in [1.165, 1.54) is 0 Å². The molecule has 7 heteroatoms. The van der Waals surface area contributed by atoms with E-state index in [-0.39, 0.29) is 17.9 Å². The van der Waals surface area contributed by atoms with Crippen LogP contribution < -0.4 is 16.8 Å². The second-order valence-corrected chi connectivity index (χ2v) is 8.42. The number of H-pyrrole nitrogens is 1. The molecule has 0 unspecified atom stereocenters. The van der Waals surface area contributed by atoms with E-state index in [0.717, 1.165) is 42.3 Å². The van der Waals surface area contributed by atoms with Crippen LogP contribution in [-0.2, 0) is 11.2 Å². The van der Waals surface area contributed by atoms with Gasteiger partial charge >= 0.3 is 0 Å². The van der Waals surface area contributed by atoms with E-state index in [4.69, 9.17) is 16.5 Å². The first kappa shape index (κ1) is 21.1. The lowest BCUT2D eigenvalue weighted by Crippen LogP contribution is -2.37. The Hall–Kier alpha value is -3.19. The van der Waals surface area contributed by atoms with Crippen LogP contribution in [0.3, 0.4) is 0 Å². The second-order valence-electron chi connectivity index (χ2n) is 8.42. The zero-order valence-corrected chi connectivity index (χ0v) is 17.5. The van der Waals surface area contributed by atoms with Crippen molar-refractivity contribution in [3.63, 3.8) is 0 Å². The Morgan fingerprint density at radius 2 is 1.84 bits per heavy atom. The molecule has 3 aromatic rings. The predicted octanol–water partition coefficient (Wildman–Crippen LogP) is 2.83. The molecule has 0 radical (unpaired) electrons. The van der Waals surface area contributed by atoms with Crippen LogP contribution in [0, 0.1) is 11.8 Å². The molecule has 6 N–H and O–H groups in total. The number of carbonyl (C=O) groups is 2. The van der Waals surface area contributed by atoms with Gasteiger partial charge in [0.2, 0.25) is 11.8 Å². The summed E-state index contributed by atoms with van der Waals surface area (Å²) < 4.78 is 0. The fraction of sp³-hybridized carbons (Fsp3) is 0.375. The van der Waals surface area contributed by atoms with Gasteiger partial charge in [0, 0.05) is 11.5 Å². The van der Waals surface area contributed by atoms with Crippen molar-refractivity contribution in [1.82, 2.24) is 15.3 Å². The van der Waals surface area contributed by atoms with Crippen LogP contribution in [0.5, 0.6) is 0 Å². The maximum absolute atomic E-state index is 13.1. The molecule has 0 bridgehead atoms. The monoisotopic (exact) mass is 419 g/mol. The summed E-state index contributed by atoms with van der Waals surface area (Å²) in [5.74, 6) is 0.783. The molecule has 0 aliphatic heterocycles. The van der Waals surface area contributed by atoms with Gasteiger partial charge in [0.1, 0.15) is 5.82 Å². The van der Waals surface area contributed by atoms with Gasteiger partial charge in [0.05, 0.1) is 17.1 Å². The molecular weight excluding hydrogens is 390 g/mol. The number of carbonyl (C=O) groups excluding carboxylic acids is 2. The normalized spacial score (nSPS) is 19.8. The molecule has 1 fully saturated rings. The number of hydrogen-bond acceptors (Lipinski definition) is 4. The van der Waals surface area contributed by atoms with Gasteiger partial charge in [0.15, 0.2) is 0 Å². The third kappa shape index (κ3) is 4.94. The molecule has 0 saturated heterocycles. The Labute approximate surface area is 181 Å². The number of amides is 2. The summed E-state index contributed by atoms with van der Waals surface area (Å²) in [5.41, 5.74) is 14.2. The van der Waals surface area contributed by atoms with E-state index >= 15 is 0 Å². The van der Waals surface area contributed by atoms with Crippen molar-refractivity contribution in [1.29, 1.82) is 0 Å². The third-order valence-electron chi connectivity index (χ3n) is 6.26. The molecule has 1 aliphatic carbocycles. The summed E-state index contributed by atoms with van der Waals surface area (Å²) in [5, 5.41) is 3.23. The number of fused-ring (bicyclic) bond motifs is 1. The second kappa shape index (κ2) is 9.31. The molecule has 0 spiro atoms. The SMILES string of the molecule is NCC1CCC(C(=O)N[C@@H](Cc2ccccc2)c2nc3ccc(C(N)=O)cc3[nH]2)CC1. The zero-order valence-electron chi connectivity index (χ0n) is 17.5. The zero-order chi connectivity index (χ0) is 21.8. The topological polar surface area (TPSA) is 127 Å². The highest BCUT2D eigenvalue weighted by Gasteiger charge is 2.28. The molecular formula is C24H29N5O2. The lowest BCUT2D eigenvalue weighted by Gasteiger charge is -2.28. The van der Waals surface area contributed by atoms with Crippen molar-refractivity contribution in [2.45, 2.75) is 38.1 Å². The van der Waals surface area contributed by atoms with Gasteiger partial charge in [-0.2, -0.15) is 0 Å². The molecule has 1 saturated carbocycles. The van der Waals surface area contributed by atoms with Gasteiger partial charge in [-0.1, -0.05) is 30.3 Å². The van der Waals surface area contributed by atoms with Gasteiger partial charge < -0.3 is 21.8 Å². The maximum Gasteiger partial charge on any atom is 0.248 e. The van der Waals surface area contributed by atoms with Crippen LogP contribution in [0.1, 0.15) is 53.5 Å². The van der Waals surface area contributed by atoms with Crippen LogP contribution in [0.4, 0.5) is 0 Å². The highest BCUT2D eigenvalue weighted by Crippen LogP contribution is 2.29. The van der Waals surface area contributed by atoms with Crippen molar-refractivity contribution in [3.8, 4) is 0 Å². The van der Waals surface area contributed by atoms with E-state index in [1.54, 1.807) is 18.2 Å². The van der Waals surface area contributed by atoms with Crippen molar-refractivity contribution >= 4 is 22.8 Å². The van der Waals surface area contributed by atoms with Crippen molar-refractivity contribution in [3.05, 3.63) is 65.5 Å². The Morgan fingerprint density at radius 1 is 1.10 bits per heavy atom. The summed E-state index contributed by atoms with van der Waals surface area (Å²) >= 11 is 0. The van der Waals surface area contributed by atoms with Gasteiger partial charge in [-0.15, -0.1) is 0 Å². The molecule has 1 atom stereocenters. The van der Waals surface area contributed by atoms with E-state index in [0.29, 0.717) is 30.3 Å². The minimum atomic E-state index is -0.486. The molecule has 162 valence electrons. The average Bonchev–Trinajstić information content (AvgIpc) is 3.22. The Bertz CT molecular complexity index is 1050. The van der Waals surface area contributed by atoms with E-state index in [9.17, 15) is 9.59 Å². The maximum atomic E-state index is 13.1. The number of nitrogens with one attached hydrogen (secondary N) is 2. The van der Waals surface area contributed by atoms with Gasteiger partial charge in [-0.3, -0.25) is 9.59 Å². The summed E-state index contributed by atoms with van der Waals surface area (Å²) in [6.07, 6.45) is 4.35. The third-order valence-corrected chi connectivity index (χ3v) is 6.26. The molecule has 1 aromatic heterocycles. The van der Waals surface area contributed by atoms with E-state index in [1.807, 2.05) is 30.3 Å². The first-order valence-corrected chi connectivity index (χ1v) is 10.9. The highest BCUT2D eigenvalue weighted by molar-refractivity contribution is 5.96. The molecule has 4 rings (SSSR count). The number of primary amides is 1. The number of rotatable bonds is 7. The van der Waals surface area contributed by atoms with Crippen LogP contribution in [-0.4, -0.2) is 28.3 Å². The number of aromatic nitrogens is 2. The summed E-state index contributed by atoms with van der Waals surface area (Å²) in [4.78, 5) is 32.6.